The number of rotatable bonds is 1. The number of hydrogen-bond donors (Lipinski definition) is 2. The molecule has 0 radical (unpaired) electrons. The van der Waals surface area contributed by atoms with Crippen LogP contribution in [-0.2, 0) is 0 Å². The number of phenolic OH excluding ortho intramolecular Hbond substituents is 1. The maximum absolute atomic E-state index is 9.25. The molecule has 17 heavy (non-hydrogen) atoms. The molecule has 0 amide bonds. The summed E-state index contributed by atoms with van der Waals surface area (Å²) in [5.41, 5.74) is 1.59. The van der Waals surface area contributed by atoms with Crippen LogP contribution in [0.4, 0.5) is 0 Å². The third-order valence-electron chi connectivity index (χ3n) is 2.52. The van der Waals surface area contributed by atoms with Crippen molar-refractivity contribution < 1.29 is 14.6 Å². The van der Waals surface area contributed by atoms with E-state index in [1.54, 1.807) is 36.4 Å². The molecule has 1 aromatic rings. The van der Waals surface area contributed by atoms with Crippen molar-refractivity contribution in [3.63, 3.8) is 0 Å². The molecule has 2 aliphatic heterocycles. The van der Waals surface area contributed by atoms with Crippen LogP contribution in [0.25, 0.3) is 22.8 Å². The lowest BCUT2D eigenvalue weighted by atomic mass is 10.1. The molecule has 0 bridgehead atoms. The quantitative estimate of drug-likeness (QED) is 0.670. The van der Waals surface area contributed by atoms with E-state index in [0.717, 1.165) is 11.1 Å². The smallest absolute Gasteiger partial charge is 0.230 e. The highest BCUT2D eigenvalue weighted by molar-refractivity contribution is 5.65. The first-order valence-electron chi connectivity index (χ1n) is 5.11. The van der Waals surface area contributed by atoms with Crippen molar-refractivity contribution in [3.8, 4) is 34.4 Å². The maximum Gasteiger partial charge on any atom is 0.230 e. The summed E-state index contributed by atoms with van der Waals surface area (Å²) in [4.78, 5) is 3.86. The number of phenols is 1. The normalized spacial score (nSPS) is 10.8. The predicted molar refractivity (Wildman–Crippen MR) is 61.9 cm³/mol. The lowest BCUT2D eigenvalue weighted by Gasteiger charge is -2.03. The van der Waals surface area contributed by atoms with Crippen LogP contribution < -0.4 is 0 Å². The first kappa shape index (κ1) is 9.72. The van der Waals surface area contributed by atoms with Crippen LogP contribution in [0.3, 0.4) is 0 Å². The van der Waals surface area contributed by atoms with E-state index in [0.29, 0.717) is 11.7 Å². The first-order valence-corrected chi connectivity index (χ1v) is 5.11. The molecule has 0 atom stereocenters. The summed E-state index contributed by atoms with van der Waals surface area (Å²) < 4.78 is 5.56. The molecule has 3 rings (SSSR count). The molecule has 0 spiro atoms. The Kier molecular flexibility index (Phi) is 2.01. The Hall–Kier alpha value is -2.49. The van der Waals surface area contributed by atoms with Gasteiger partial charge in [-0.25, -0.2) is 0 Å². The van der Waals surface area contributed by atoms with Crippen LogP contribution in [0.2, 0.25) is 0 Å². The fraction of sp³-hybridized carbons (Fsp3) is 0. The molecule has 0 aromatic heterocycles. The molecule has 0 unspecified atom stereocenters. The minimum atomic E-state index is -0.0494. The number of hydrogen-bond acceptors (Lipinski definition) is 4. The van der Waals surface area contributed by atoms with Crippen molar-refractivity contribution >= 4 is 0 Å². The fourth-order valence-electron chi connectivity index (χ4n) is 1.69. The highest BCUT2D eigenvalue weighted by Crippen LogP contribution is 2.31. The Labute approximate surface area is 97.1 Å². The van der Waals surface area contributed by atoms with Crippen LogP contribution in [0.15, 0.2) is 46.9 Å². The fourth-order valence-corrected chi connectivity index (χ4v) is 1.69. The van der Waals surface area contributed by atoms with Crippen molar-refractivity contribution in [2.24, 2.45) is 0 Å². The van der Waals surface area contributed by atoms with Crippen LogP contribution in [-0.4, -0.2) is 15.2 Å². The van der Waals surface area contributed by atoms with Gasteiger partial charge in [0, 0.05) is 17.2 Å². The van der Waals surface area contributed by atoms with E-state index in [1.165, 1.54) is 0 Å². The Bertz CT molecular complexity index is 628. The van der Waals surface area contributed by atoms with Crippen molar-refractivity contribution in [2.45, 2.75) is 0 Å². The summed E-state index contributed by atoms with van der Waals surface area (Å²) in [5, 5.41) is 18.5. The number of aromatic hydroxyl groups is 2. The molecule has 0 fully saturated rings. The second-order valence-corrected chi connectivity index (χ2v) is 3.72. The molecular formula is C13H9NO3. The molecule has 0 saturated carbocycles. The molecular weight excluding hydrogens is 218 g/mol. The standard InChI is InChI=1S/C13H9NO3/c15-10-4-1-8(2-5-10)11-6-3-9-7-12(16)14-13(9)17-11/h1-7,15-16H. The Balaban J connectivity index is 2.12. The van der Waals surface area contributed by atoms with Gasteiger partial charge in [-0.1, -0.05) is 0 Å². The molecule has 0 saturated heterocycles. The Morgan fingerprint density at radius 3 is 2.35 bits per heavy atom. The van der Waals surface area contributed by atoms with Crippen molar-refractivity contribution in [1.29, 1.82) is 0 Å². The van der Waals surface area contributed by atoms with Gasteiger partial charge < -0.3 is 14.6 Å². The zero-order chi connectivity index (χ0) is 11.8. The minimum absolute atomic E-state index is 0.0494. The summed E-state index contributed by atoms with van der Waals surface area (Å²) in [5.74, 6) is 1.19. The molecule has 0 aliphatic carbocycles. The second kappa shape index (κ2) is 3.52. The third-order valence-corrected chi connectivity index (χ3v) is 2.52. The summed E-state index contributed by atoms with van der Waals surface area (Å²) >= 11 is 0. The second-order valence-electron chi connectivity index (χ2n) is 3.72. The van der Waals surface area contributed by atoms with E-state index in [1.807, 2.05) is 6.07 Å². The summed E-state index contributed by atoms with van der Waals surface area (Å²) in [6.07, 6.45) is 0. The summed E-state index contributed by atoms with van der Waals surface area (Å²) in [6.45, 7) is 0. The topological polar surface area (TPSA) is 66.5 Å². The van der Waals surface area contributed by atoms with E-state index in [9.17, 15) is 10.2 Å². The average Bonchev–Trinajstić information content (AvgIpc) is 2.69. The number of fused-ring (bicyclic) bond motifs is 1. The van der Waals surface area contributed by atoms with Crippen molar-refractivity contribution in [3.05, 3.63) is 42.5 Å². The molecule has 4 heteroatoms. The minimum Gasteiger partial charge on any atom is -0.508 e. The molecule has 4 nitrogen and oxygen atoms in total. The predicted octanol–water partition coefficient (Wildman–Crippen LogP) is 2.86. The monoisotopic (exact) mass is 227 g/mol. The van der Waals surface area contributed by atoms with Gasteiger partial charge in [0.15, 0.2) is 0 Å². The van der Waals surface area contributed by atoms with Crippen molar-refractivity contribution in [2.75, 3.05) is 0 Å². The van der Waals surface area contributed by atoms with Gasteiger partial charge in [-0.15, -0.1) is 0 Å². The van der Waals surface area contributed by atoms with E-state index in [-0.39, 0.29) is 11.6 Å². The van der Waals surface area contributed by atoms with Crippen LogP contribution in [0.5, 0.6) is 11.6 Å². The SMILES string of the molecule is Oc1ccc(-c2ccc3cc(O)nc-3o2)cc1. The highest BCUT2D eigenvalue weighted by Gasteiger charge is 2.12. The van der Waals surface area contributed by atoms with Gasteiger partial charge in [0.1, 0.15) is 11.5 Å². The van der Waals surface area contributed by atoms with Crippen molar-refractivity contribution in [1.82, 2.24) is 4.98 Å². The number of benzene rings is 1. The van der Waals surface area contributed by atoms with Crippen LogP contribution in [0, 0.1) is 0 Å². The van der Waals surface area contributed by atoms with Gasteiger partial charge in [-0.05, 0) is 36.4 Å². The van der Waals surface area contributed by atoms with Gasteiger partial charge in [0.05, 0.1) is 0 Å². The van der Waals surface area contributed by atoms with Gasteiger partial charge in [0.25, 0.3) is 0 Å². The maximum atomic E-state index is 9.25. The largest absolute Gasteiger partial charge is 0.508 e. The number of nitrogens with zero attached hydrogens (tertiary/aromatic N) is 1. The Morgan fingerprint density at radius 2 is 1.59 bits per heavy atom. The first-order chi connectivity index (χ1) is 8.22. The van der Waals surface area contributed by atoms with E-state index in [4.69, 9.17) is 4.42 Å². The number of aromatic nitrogens is 1. The zero-order valence-corrected chi connectivity index (χ0v) is 8.79. The summed E-state index contributed by atoms with van der Waals surface area (Å²) in [7, 11) is 0. The molecule has 2 heterocycles. The van der Waals surface area contributed by atoms with Crippen LogP contribution >= 0.6 is 0 Å². The van der Waals surface area contributed by atoms with Gasteiger partial charge in [-0.3, -0.25) is 0 Å². The van der Waals surface area contributed by atoms with E-state index in [2.05, 4.69) is 4.98 Å². The van der Waals surface area contributed by atoms with Gasteiger partial charge >= 0.3 is 0 Å². The average molecular weight is 227 g/mol. The van der Waals surface area contributed by atoms with E-state index >= 15 is 0 Å². The van der Waals surface area contributed by atoms with Crippen LogP contribution in [0.1, 0.15) is 0 Å². The summed E-state index contributed by atoms with van der Waals surface area (Å²) in [6, 6.07) is 11.9. The molecule has 1 aromatic carbocycles. The van der Waals surface area contributed by atoms with Gasteiger partial charge in [0.2, 0.25) is 11.8 Å². The molecule has 2 N–H and O–H groups in total. The zero-order valence-electron chi connectivity index (χ0n) is 8.79. The highest BCUT2D eigenvalue weighted by atomic mass is 16.4. The van der Waals surface area contributed by atoms with E-state index < -0.39 is 0 Å². The Morgan fingerprint density at radius 1 is 0.882 bits per heavy atom. The lowest BCUT2D eigenvalue weighted by molar-refractivity contribution is 0.452. The molecule has 2 aliphatic rings. The van der Waals surface area contributed by atoms with Gasteiger partial charge in [-0.2, -0.15) is 4.98 Å². The molecule has 84 valence electrons. The third kappa shape index (κ3) is 1.69. The lowest BCUT2D eigenvalue weighted by Crippen LogP contribution is -1.81.